The number of benzene rings is 1. The predicted molar refractivity (Wildman–Crippen MR) is 85.4 cm³/mol. The van der Waals surface area contributed by atoms with Crippen molar-refractivity contribution in [3.8, 4) is 0 Å². The van der Waals surface area contributed by atoms with Crippen LogP contribution in [0.5, 0.6) is 0 Å². The summed E-state index contributed by atoms with van der Waals surface area (Å²) in [6, 6.07) is 5.79. The van der Waals surface area contributed by atoms with Gasteiger partial charge in [0.1, 0.15) is 5.82 Å². The van der Waals surface area contributed by atoms with Crippen LogP contribution in [0.4, 0.5) is 10.1 Å². The maximum atomic E-state index is 14.4. The minimum Gasteiger partial charge on any atom is -0.380 e. The number of hydrogen-bond donors (Lipinski definition) is 1. The molecule has 118 valence electrons. The number of methoxy groups -OCH3 is 1. The molecule has 1 N–H and O–H groups in total. The summed E-state index contributed by atoms with van der Waals surface area (Å²) in [7, 11) is 1.73. The quantitative estimate of drug-likeness (QED) is 0.869. The topological polar surface area (TPSA) is 24.5 Å². The van der Waals surface area contributed by atoms with Gasteiger partial charge >= 0.3 is 0 Å². The molecule has 0 bridgehead atoms. The molecule has 0 amide bonds. The van der Waals surface area contributed by atoms with Gasteiger partial charge < -0.3 is 15.0 Å². The Morgan fingerprint density at radius 1 is 1.48 bits per heavy atom. The zero-order chi connectivity index (χ0) is 15.2. The highest BCUT2D eigenvalue weighted by molar-refractivity contribution is 5.50. The van der Waals surface area contributed by atoms with E-state index in [1.807, 2.05) is 12.1 Å². The summed E-state index contributed by atoms with van der Waals surface area (Å²) < 4.78 is 19.9. The molecule has 1 fully saturated rings. The van der Waals surface area contributed by atoms with Gasteiger partial charge in [0.25, 0.3) is 0 Å². The van der Waals surface area contributed by atoms with E-state index in [2.05, 4.69) is 24.1 Å². The highest BCUT2D eigenvalue weighted by atomic mass is 19.1. The van der Waals surface area contributed by atoms with Crippen molar-refractivity contribution in [3.05, 3.63) is 29.6 Å². The summed E-state index contributed by atoms with van der Waals surface area (Å²) in [5.41, 5.74) is 1.70. The third-order valence-corrected chi connectivity index (χ3v) is 4.22. The third-order valence-electron chi connectivity index (χ3n) is 4.22. The van der Waals surface area contributed by atoms with Crippen LogP contribution in [0.3, 0.4) is 0 Å². The van der Waals surface area contributed by atoms with Gasteiger partial charge in [0.05, 0.1) is 11.8 Å². The van der Waals surface area contributed by atoms with Gasteiger partial charge in [-0.1, -0.05) is 13.0 Å². The van der Waals surface area contributed by atoms with E-state index in [0.717, 1.165) is 44.5 Å². The second kappa shape index (κ2) is 7.76. The Morgan fingerprint density at radius 3 is 2.95 bits per heavy atom. The average Bonchev–Trinajstić information content (AvgIpc) is 2.52. The number of ether oxygens (including phenoxy) is 1. The van der Waals surface area contributed by atoms with E-state index in [9.17, 15) is 4.39 Å². The van der Waals surface area contributed by atoms with E-state index in [-0.39, 0.29) is 18.0 Å². The summed E-state index contributed by atoms with van der Waals surface area (Å²) in [6.07, 6.45) is 3.40. The second-order valence-electron chi connectivity index (χ2n) is 5.83. The molecule has 1 aromatic carbocycles. The fourth-order valence-corrected chi connectivity index (χ4v) is 2.88. The van der Waals surface area contributed by atoms with Crippen LogP contribution in [0.1, 0.15) is 44.7 Å². The minimum absolute atomic E-state index is 0.130. The molecular weight excluding hydrogens is 267 g/mol. The first-order chi connectivity index (χ1) is 10.2. The summed E-state index contributed by atoms with van der Waals surface area (Å²) in [6.45, 7) is 6.83. The molecule has 0 spiro atoms. The molecule has 2 unspecified atom stereocenters. The van der Waals surface area contributed by atoms with Crippen molar-refractivity contribution in [1.82, 2.24) is 5.32 Å². The van der Waals surface area contributed by atoms with Crippen molar-refractivity contribution in [2.45, 2.75) is 45.3 Å². The van der Waals surface area contributed by atoms with Crippen LogP contribution in [0, 0.1) is 5.82 Å². The molecule has 1 saturated heterocycles. The lowest BCUT2D eigenvalue weighted by molar-refractivity contribution is 0.0892. The molecule has 2 atom stereocenters. The molecule has 1 aliphatic heterocycles. The van der Waals surface area contributed by atoms with Crippen LogP contribution < -0.4 is 10.2 Å². The van der Waals surface area contributed by atoms with Crippen molar-refractivity contribution in [2.24, 2.45) is 0 Å². The molecule has 1 heterocycles. The summed E-state index contributed by atoms with van der Waals surface area (Å²) in [5.74, 6) is -0.130. The Morgan fingerprint density at radius 2 is 2.29 bits per heavy atom. The van der Waals surface area contributed by atoms with Crippen molar-refractivity contribution >= 4 is 5.69 Å². The SMILES string of the molecule is CCCNC(C)c1ccc(N2CCCC(OC)C2)c(F)c1. The largest absolute Gasteiger partial charge is 0.380 e. The lowest BCUT2D eigenvalue weighted by Gasteiger charge is -2.34. The molecule has 1 aliphatic rings. The van der Waals surface area contributed by atoms with Crippen LogP contribution in [-0.4, -0.2) is 32.8 Å². The normalized spacial score (nSPS) is 20.6. The number of nitrogens with zero attached hydrogens (tertiary/aromatic N) is 1. The van der Waals surface area contributed by atoms with Gasteiger partial charge in [-0.2, -0.15) is 0 Å². The monoisotopic (exact) mass is 294 g/mol. The van der Waals surface area contributed by atoms with Crippen LogP contribution in [0.15, 0.2) is 18.2 Å². The fourth-order valence-electron chi connectivity index (χ4n) is 2.88. The Balaban J connectivity index is 2.08. The summed E-state index contributed by atoms with van der Waals surface area (Å²) in [5, 5.41) is 3.39. The van der Waals surface area contributed by atoms with Crippen molar-refractivity contribution in [3.63, 3.8) is 0 Å². The van der Waals surface area contributed by atoms with Gasteiger partial charge in [-0.15, -0.1) is 0 Å². The first-order valence-corrected chi connectivity index (χ1v) is 7.96. The second-order valence-corrected chi connectivity index (χ2v) is 5.83. The first-order valence-electron chi connectivity index (χ1n) is 7.96. The van der Waals surface area contributed by atoms with Crippen LogP contribution in [0.25, 0.3) is 0 Å². The van der Waals surface area contributed by atoms with Crippen LogP contribution in [-0.2, 0) is 4.74 Å². The number of piperidine rings is 1. The van der Waals surface area contributed by atoms with Gasteiger partial charge in [0.15, 0.2) is 0 Å². The molecule has 0 aliphatic carbocycles. The maximum Gasteiger partial charge on any atom is 0.146 e. The van der Waals surface area contributed by atoms with E-state index in [1.54, 1.807) is 13.2 Å². The minimum atomic E-state index is -0.130. The predicted octanol–water partition coefficient (Wildman–Crippen LogP) is 3.50. The van der Waals surface area contributed by atoms with Gasteiger partial charge in [0, 0.05) is 26.2 Å². The smallest absolute Gasteiger partial charge is 0.146 e. The Hall–Kier alpha value is -1.13. The number of hydrogen-bond acceptors (Lipinski definition) is 3. The number of rotatable bonds is 6. The molecule has 0 saturated carbocycles. The van der Waals surface area contributed by atoms with Gasteiger partial charge in [-0.25, -0.2) is 4.39 Å². The Labute approximate surface area is 127 Å². The number of anilines is 1. The lowest BCUT2D eigenvalue weighted by atomic mass is 10.0. The highest BCUT2D eigenvalue weighted by Gasteiger charge is 2.22. The molecule has 3 nitrogen and oxygen atoms in total. The van der Waals surface area contributed by atoms with Crippen molar-refractivity contribution < 1.29 is 9.13 Å². The van der Waals surface area contributed by atoms with E-state index >= 15 is 0 Å². The summed E-state index contributed by atoms with van der Waals surface area (Å²) >= 11 is 0. The Bertz CT molecular complexity index is 452. The molecule has 2 rings (SSSR count). The average molecular weight is 294 g/mol. The Kier molecular flexibility index (Phi) is 6.00. The standard InChI is InChI=1S/C17H27FN2O/c1-4-9-19-13(2)14-7-8-17(16(18)11-14)20-10-5-6-15(12-20)21-3/h7-8,11,13,15,19H,4-6,9-10,12H2,1-3H3. The molecule has 4 heteroatoms. The van der Waals surface area contributed by atoms with Crippen molar-refractivity contribution in [1.29, 1.82) is 0 Å². The van der Waals surface area contributed by atoms with Crippen LogP contribution in [0.2, 0.25) is 0 Å². The molecular formula is C17H27FN2O. The highest BCUT2D eigenvalue weighted by Crippen LogP contribution is 2.26. The molecule has 21 heavy (non-hydrogen) atoms. The van der Waals surface area contributed by atoms with Gasteiger partial charge in [-0.3, -0.25) is 0 Å². The lowest BCUT2D eigenvalue weighted by Crippen LogP contribution is -2.39. The van der Waals surface area contributed by atoms with Gasteiger partial charge in [-0.05, 0) is 50.4 Å². The first kappa shape index (κ1) is 16.2. The summed E-state index contributed by atoms with van der Waals surface area (Å²) in [4.78, 5) is 2.10. The van der Waals surface area contributed by atoms with E-state index in [1.165, 1.54) is 0 Å². The van der Waals surface area contributed by atoms with Crippen molar-refractivity contribution in [2.75, 3.05) is 31.6 Å². The van der Waals surface area contributed by atoms with Gasteiger partial charge in [0.2, 0.25) is 0 Å². The zero-order valence-corrected chi connectivity index (χ0v) is 13.4. The number of nitrogens with one attached hydrogen (secondary N) is 1. The fraction of sp³-hybridized carbons (Fsp3) is 0.647. The molecule has 0 aromatic heterocycles. The maximum absolute atomic E-state index is 14.4. The van der Waals surface area contributed by atoms with E-state index in [4.69, 9.17) is 4.74 Å². The van der Waals surface area contributed by atoms with E-state index in [0.29, 0.717) is 5.69 Å². The number of halogens is 1. The third kappa shape index (κ3) is 4.17. The zero-order valence-electron chi connectivity index (χ0n) is 13.4. The molecule has 0 radical (unpaired) electrons. The van der Waals surface area contributed by atoms with Crippen LogP contribution >= 0.6 is 0 Å². The molecule has 1 aromatic rings. The van der Waals surface area contributed by atoms with E-state index < -0.39 is 0 Å².